The maximum atomic E-state index is 10.3. The number of ether oxygens (including phenoxy) is 2. The van der Waals surface area contributed by atoms with Crippen molar-refractivity contribution in [3.8, 4) is 23.0 Å². The van der Waals surface area contributed by atoms with E-state index >= 15 is 0 Å². The van der Waals surface area contributed by atoms with Crippen molar-refractivity contribution in [3.05, 3.63) is 34.9 Å². The van der Waals surface area contributed by atoms with E-state index in [1.807, 2.05) is 0 Å². The lowest BCUT2D eigenvalue weighted by atomic mass is 9.93. The van der Waals surface area contributed by atoms with Gasteiger partial charge in [-0.25, -0.2) is 0 Å². The molecular formula is C25H33N5O4S2. The standard InChI is InChI=1S/C25H33N5O4S2/c1-30(2)10-6-15-12-19(33-3)20(34-4)22-21(15)35-25(36-22,7-9-29-24(26)27)23-16-13-18(32)17(31)11-14(16)5-8-28-23/h11-13,31-32H,5-10H2,1-4H3,(H4,26,27,29). The van der Waals surface area contributed by atoms with E-state index in [1.165, 1.54) is 5.56 Å². The van der Waals surface area contributed by atoms with Crippen LogP contribution in [-0.2, 0) is 12.8 Å². The highest BCUT2D eigenvalue weighted by atomic mass is 32.2. The molecule has 0 bridgehead atoms. The molecule has 36 heavy (non-hydrogen) atoms. The van der Waals surface area contributed by atoms with Crippen LogP contribution in [0.1, 0.15) is 23.1 Å². The highest BCUT2D eigenvalue weighted by molar-refractivity contribution is 8.22. The number of aromatic hydroxyl groups is 2. The predicted molar refractivity (Wildman–Crippen MR) is 146 cm³/mol. The summed E-state index contributed by atoms with van der Waals surface area (Å²) in [6.45, 7) is 1.87. The molecule has 0 aliphatic carbocycles. The van der Waals surface area contributed by atoms with Gasteiger partial charge in [-0.2, -0.15) is 0 Å². The molecule has 0 saturated heterocycles. The Bertz CT molecular complexity index is 1210. The van der Waals surface area contributed by atoms with Crippen LogP contribution in [0.5, 0.6) is 23.0 Å². The van der Waals surface area contributed by atoms with E-state index in [4.69, 9.17) is 25.9 Å². The largest absolute Gasteiger partial charge is 0.504 e. The molecule has 4 rings (SSSR count). The van der Waals surface area contributed by atoms with Crippen LogP contribution in [0.25, 0.3) is 0 Å². The average molecular weight is 532 g/mol. The van der Waals surface area contributed by atoms with Gasteiger partial charge in [-0.15, -0.1) is 0 Å². The number of fused-ring (bicyclic) bond motifs is 2. The zero-order valence-corrected chi connectivity index (χ0v) is 22.6. The van der Waals surface area contributed by atoms with Gasteiger partial charge in [-0.05, 0) is 62.7 Å². The summed E-state index contributed by atoms with van der Waals surface area (Å²) >= 11 is 3.39. The number of hydrogen-bond acceptors (Lipinski definition) is 9. The summed E-state index contributed by atoms with van der Waals surface area (Å²) in [6.07, 6.45) is 2.11. The highest BCUT2D eigenvalue weighted by Crippen LogP contribution is 2.64. The molecule has 2 heterocycles. The van der Waals surface area contributed by atoms with Crippen molar-refractivity contribution in [2.75, 3.05) is 47.9 Å². The van der Waals surface area contributed by atoms with Crippen molar-refractivity contribution in [2.45, 2.75) is 33.1 Å². The van der Waals surface area contributed by atoms with Crippen LogP contribution in [0.15, 0.2) is 38.0 Å². The van der Waals surface area contributed by atoms with Gasteiger partial charge in [0, 0.05) is 30.1 Å². The van der Waals surface area contributed by atoms with Crippen molar-refractivity contribution in [1.82, 2.24) is 4.90 Å². The molecule has 0 amide bonds. The maximum Gasteiger partial charge on any atom is 0.185 e. The lowest BCUT2D eigenvalue weighted by molar-refractivity contribution is 0.344. The normalized spacial score (nSPS) is 18.4. The molecule has 2 aromatic rings. The minimum atomic E-state index is -0.577. The molecule has 2 aromatic carbocycles. The summed E-state index contributed by atoms with van der Waals surface area (Å²) in [6, 6.07) is 5.30. The van der Waals surface area contributed by atoms with Crippen LogP contribution in [0.3, 0.4) is 0 Å². The van der Waals surface area contributed by atoms with E-state index in [2.05, 4.69) is 30.1 Å². The lowest BCUT2D eigenvalue weighted by Gasteiger charge is -2.32. The van der Waals surface area contributed by atoms with Gasteiger partial charge >= 0.3 is 0 Å². The third-order valence-corrected chi connectivity index (χ3v) is 9.57. The Hall–Kier alpha value is -2.76. The second kappa shape index (κ2) is 10.7. The first-order valence-electron chi connectivity index (χ1n) is 11.6. The second-order valence-electron chi connectivity index (χ2n) is 8.97. The number of hydrogen-bond donors (Lipinski definition) is 4. The molecule has 0 saturated carbocycles. The number of benzene rings is 2. The molecular weight excluding hydrogens is 498 g/mol. The number of phenols is 2. The van der Waals surface area contributed by atoms with E-state index < -0.39 is 4.08 Å². The van der Waals surface area contributed by atoms with E-state index in [9.17, 15) is 10.2 Å². The lowest BCUT2D eigenvalue weighted by Crippen LogP contribution is -2.35. The van der Waals surface area contributed by atoms with Crippen LogP contribution in [0.2, 0.25) is 0 Å². The number of rotatable bonds is 9. The molecule has 6 N–H and O–H groups in total. The average Bonchev–Trinajstić information content (AvgIpc) is 3.22. The third-order valence-electron chi connectivity index (χ3n) is 6.22. The number of methoxy groups -OCH3 is 2. The Morgan fingerprint density at radius 1 is 1.11 bits per heavy atom. The van der Waals surface area contributed by atoms with Gasteiger partial charge in [-0.3, -0.25) is 9.98 Å². The first kappa shape index (κ1) is 26.3. The van der Waals surface area contributed by atoms with Gasteiger partial charge in [0.15, 0.2) is 29.0 Å². The molecule has 0 radical (unpaired) electrons. The number of aliphatic imine (C=N–C) groups is 2. The highest BCUT2D eigenvalue weighted by Gasteiger charge is 2.48. The van der Waals surface area contributed by atoms with Gasteiger partial charge in [0.1, 0.15) is 4.08 Å². The SMILES string of the molecule is COc1cc(CCN(C)C)c2c(c1OC)SC(CCN=C(N)N)(C1=NCCc3cc(O)c(O)cc31)S2. The number of nitrogens with two attached hydrogens (primary N) is 2. The third kappa shape index (κ3) is 5.05. The fourth-order valence-corrected chi connectivity index (χ4v) is 7.96. The molecule has 194 valence electrons. The minimum absolute atomic E-state index is 0.0372. The number of nitrogens with zero attached hydrogens (tertiary/aromatic N) is 3. The van der Waals surface area contributed by atoms with Crippen LogP contribution >= 0.6 is 23.5 Å². The monoisotopic (exact) mass is 531 g/mol. The number of phenolic OH excluding ortho intramolecular Hbond substituents is 2. The van der Waals surface area contributed by atoms with Gasteiger partial charge in [0.25, 0.3) is 0 Å². The van der Waals surface area contributed by atoms with Crippen molar-refractivity contribution >= 4 is 35.2 Å². The van der Waals surface area contributed by atoms with Gasteiger partial charge in [0.05, 0.1) is 24.8 Å². The fraction of sp³-hybridized carbons (Fsp3) is 0.440. The van der Waals surface area contributed by atoms with Crippen molar-refractivity contribution in [2.24, 2.45) is 21.5 Å². The van der Waals surface area contributed by atoms with Gasteiger partial charge < -0.3 is 36.1 Å². The number of thioether (sulfide) groups is 2. The summed E-state index contributed by atoms with van der Waals surface area (Å²) in [5, 5.41) is 20.5. The number of guanidine groups is 1. The van der Waals surface area contributed by atoms with Gasteiger partial charge in [0.2, 0.25) is 0 Å². The van der Waals surface area contributed by atoms with E-state index in [1.54, 1.807) is 49.9 Å². The van der Waals surface area contributed by atoms with E-state index in [-0.39, 0.29) is 17.5 Å². The van der Waals surface area contributed by atoms with Crippen LogP contribution in [0.4, 0.5) is 0 Å². The predicted octanol–water partition coefficient (Wildman–Crippen LogP) is 2.82. The Morgan fingerprint density at radius 2 is 1.83 bits per heavy atom. The molecule has 2 aliphatic heterocycles. The summed E-state index contributed by atoms with van der Waals surface area (Å²) in [5.41, 5.74) is 15.1. The first-order chi connectivity index (χ1) is 17.2. The minimum Gasteiger partial charge on any atom is -0.504 e. The molecule has 9 nitrogen and oxygen atoms in total. The second-order valence-corrected chi connectivity index (χ2v) is 11.9. The van der Waals surface area contributed by atoms with Crippen molar-refractivity contribution < 1.29 is 19.7 Å². The Morgan fingerprint density at radius 3 is 2.50 bits per heavy atom. The molecule has 11 heteroatoms. The smallest absolute Gasteiger partial charge is 0.185 e. The first-order valence-corrected chi connectivity index (χ1v) is 13.3. The summed E-state index contributed by atoms with van der Waals surface area (Å²) in [5.74, 6) is 1.12. The van der Waals surface area contributed by atoms with Crippen molar-refractivity contribution in [3.63, 3.8) is 0 Å². The van der Waals surface area contributed by atoms with Crippen LogP contribution in [0, 0.1) is 0 Å². The summed E-state index contributed by atoms with van der Waals surface area (Å²) in [4.78, 5) is 13.5. The van der Waals surface area contributed by atoms with Crippen LogP contribution in [-0.4, -0.2) is 78.8 Å². The topological polar surface area (TPSA) is 139 Å². The Labute approximate surface area is 220 Å². The molecule has 0 spiro atoms. The fourth-order valence-electron chi connectivity index (χ4n) is 4.48. The van der Waals surface area contributed by atoms with Crippen molar-refractivity contribution in [1.29, 1.82) is 0 Å². The summed E-state index contributed by atoms with van der Waals surface area (Å²) < 4.78 is 11.0. The maximum absolute atomic E-state index is 10.3. The molecule has 0 fully saturated rings. The Balaban J connectivity index is 1.86. The molecule has 0 aromatic heterocycles. The molecule has 2 aliphatic rings. The van der Waals surface area contributed by atoms with E-state index in [0.29, 0.717) is 37.4 Å². The van der Waals surface area contributed by atoms with E-state index in [0.717, 1.165) is 39.6 Å². The van der Waals surface area contributed by atoms with Crippen LogP contribution < -0.4 is 20.9 Å². The molecule has 1 atom stereocenters. The zero-order valence-electron chi connectivity index (χ0n) is 21.0. The zero-order chi connectivity index (χ0) is 26.0. The van der Waals surface area contributed by atoms with Gasteiger partial charge in [-0.1, -0.05) is 23.5 Å². The molecule has 1 unspecified atom stereocenters. The quantitative estimate of drug-likeness (QED) is 0.218. The summed E-state index contributed by atoms with van der Waals surface area (Å²) in [7, 11) is 7.40. The Kier molecular flexibility index (Phi) is 7.82. The number of likely N-dealkylation sites (N-methyl/N-ethyl adjacent to an activating group) is 1.